The van der Waals surface area contributed by atoms with Crippen LogP contribution in [0.4, 0.5) is 5.69 Å². The van der Waals surface area contributed by atoms with Gasteiger partial charge in [-0.1, -0.05) is 58.6 Å². The van der Waals surface area contributed by atoms with Crippen LogP contribution in [0.25, 0.3) is 0 Å². The first-order valence-corrected chi connectivity index (χ1v) is 10.6. The first-order chi connectivity index (χ1) is 12.5. The van der Waals surface area contributed by atoms with Crippen LogP contribution >= 0.6 is 28.1 Å². The van der Waals surface area contributed by atoms with Crippen molar-refractivity contribution in [3.63, 3.8) is 0 Å². The molecule has 138 valence electrons. The predicted molar refractivity (Wildman–Crippen MR) is 119 cm³/mol. The van der Waals surface area contributed by atoms with Crippen molar-refractivity contribution >= 4 is 38.9 Å². The summed E-state index contributed by atoms with van der Waals surface area (Å²) in [7, 11) is 0. The van der Waals surface area contributed by atoms with Crippen molar-refractivity contribution in [2.75, 3.05) is 5.32 Å². The molecular formula is C22H27BrN2S. The fraction of sp³-hybridized carbons (Fsp3) is 0.409. The smallest absolute Gasteiger partial charge is 0.171 e. The number of rotatable bonds is 5. The summed E-state index contributed by atoms with van der Waals surface area (Å²) < 4.78 is 1.12. The molecule has 1 aliphatic rings. The Hall–Kier alpha value is -1.39. The number of hydrogen-bond donors (Lipinski definition) is 2. The van der Waals surface area contributed by atoms with Crippen LogP contribution in [0.15, 0.2) is 46.9 Å². The maximum Gasteiger partial charge on any atom is 0.171 e. The van der Waals surface area contributed by atoms with Gasteiger partial charge in [-0.15, -0.1) is 0 Å². The van der Waals surface area contributed by atoms with Gasteiger partial charge in [-0.3, -0.25) is 0 Å². The Kier molecular flexibility index (Phi) is 6.36. The minimum absolute atomic E-state index is 0.123. The Balaban J connectivity index is 1.63. The van der Waals surface area contributed by atoms with E-state index in [2.05, 4.69) is 82.9 Å². The highest BCUT2D eigenvalue weighted by Gasteiger charge is 2.34. The molecule has 1 aliphatic carbocycles. The van der Waals surface area contributed by atoms with Gasteiger partial charge in [-0.2, -0.15) is 0 Å². The predicted octanol–water partition coefficient (Wildman–Crippen LogP) is 6.30. The molecule has 0 aromatic heterocycles. The lowest BCUT2D eigenvalue weighted by Crippen LogP contribution is -2.48. The van der Waals surface area contributed by atoms with Crippen LogP contribution < -0.4 is 10.6 Å². The molecule has 0 heterocycles. The summed E-state index contributed by atoms with van der Waals surface area (Å²) >= 11 is 9.18. The number of aryl methyl sites for hydroxylation is 3. The summed E-state index contributed by atoms with van der Waals surface area (Å²) in [5.74, 6) is 0. The minimum atomic E-state index is 0.123. The Morgan fingerprint density at radius 2 is 1.88 bits per heavy atom. The minimum Gasteiger partial charge on any atom is -0.357 e. The molecule has 0 aliphatic heterocycles. The molecule has 4 heteroatoms. The first kappa shape index (κ1) is 19.4. The van der Waals surface area contributed by atoms with Crippen LogP contribution in [0.5, 0.6) is 0 Å². The summed E-state index contributed by atoms with van der Waals surface area (Å²) in [6.45, 7) is 4.25. The van der Waals surface area contributed by atoms with Gasteiger partial charge in [0, 0.05) is 15.7 Å². The molecule has 0 unspecified atom stereocenters. The fourth-order valence-corrected chi connectivity index (χ4v) is 4.45. The number of benzene rings is 2. The molecule has 26 heavy (non-hydrogen) atoms. The van der Waals surface area contributed by atoms with E-state index in [1.807, 2.05) is 0 Å². The average molecular weight is 431 g/mol. The molecule has 0 atom stereocenters. The molecule has 1 fully saturated rings. The molecule has 2 aromatic rings. The summed E-state index contributed by atoms with van der Waals surface area (Å²) in [6, 6.07) is 15.1. The van der Waals surface area contributed by atoms with Crippen molar-refractivity contribution in [1.29, 1.82) is 0 Å². The van der Waals surface area contributed by atoms with E-state index in [0.717, 1.165) is 28.1 Å². The maximum atomic E-state index is 5.64. The third-order valence-electron chi connectivity index (χ3n) is 5.33. The maximum absolute atomic E-state index is 5.64. The first-order valence-electron chi connectivity index (χ1n) is 9.37. The van der Waals surface area contributed by atoms with E-state index in [-0.39, 0.29) is 5.54 Å². The Bertz CT molecular complexity index is 781. The van der Waals surface area contributed by atoms with Crippen LogP contribution in [0.1, 0.15) is 48.8 Å². The van der Waals surface area contributed by atoms with E-state index in [0.29, 0.717) is 0 Å². The normalized spacial score (nSPS) is 15.7. The number of thiocarbonyl (C=S) groups is 1. The van der Waals surface area contributed by atoms with Gasteiger partial charge in [-0.25, -0.2) is 0 Å². The Morgan fingerprint density at radius 1 is 1.12 bits per heavy atom. The molecule has 1 saturated carbocycles. The lowest BCUT2D eigenvalue weighted by molar-refractivity contribution is 0.362. The van der Waals surface area contributed by atoms with E-state index in [4.69, 9.17) is 12.2 Å². The van der Waals surface area contributed by atoms with Crippen LogP contribution in [0.3, 0.4) is 0 Å². The fourth-order valence-electron chi connectivity index (χ4n) is 3.87. The summed E-state index contributed by atoms with van der Waals surface area (Å²) in [4.78, 5) is 0. The highest BCUT2D eigenvalue weighted by molar-refractivity contribution is 9.10. The second-order valence-corrected chi connectivity index (χ2v) is 8.78. The van der Waals surface area contributed by atoms with Crippen molar-refractivity contribution in [2.45, 2.75) is 57.9 Å². The molecule has 0 bridgehead atoms. The van der Waals surface area contributed by atoms with Crippen molar-refractivity contribution in [2.24, 2.45) is 0 Å². The molecule has 0 radical (unpaired) electrons. The Morgan fingerprint density at radius 3 is 2.58 bits per heavy atom. The molecule has 0 amide bonds. The van der Waals surface area contributed by atoms with E-state index < -0.39 is 0 Å². The van der Waals surface area contributed by atoms with Gasteiger partial charge in [0.05, 0.1) is 0 Å². The summed E-state index contributed by atoms with van der Waals surface area (Å²) in [5.41, 5.74) is 5.11. The van der Waals surface area contributed by atoms with Gasteiger partial charge in [0.2, 0.25) is 0 Å². The quantitative estimate of drug-likeness (QED) is 0.544. The van der Waals surface area contributed by atoms with Gasteiger partial charge < -0.3 is 10.6 Å². The zero-order valence-corrected chi connectivity index (χ0v) is 18.0. The van der Waals surface area contributed by atoms with E-state index >= 15 is 0 Å². The SMILES string of the molecule is Cc1cccc(CCC2(NC(=S)Nc3ccc(Br)c(C)c3)CCCC2)c1. The highest BCUT2D eigenvalue weighted by atomic mass is 79.9. The monoisotopic (exact) mass is 430 g/mol. The molecule has 2 aromatic carbocycles. The van der Waals surface area contributed by atoms with Crippen LogP contribution in [0, 0.1) is 13.8 Å². The van der Waals surface area contributed by atoms with Crippen molar-refractivity contribution in [3.8, 4) is 0 Å². The summed E-state index contributed by atoms with van der Waals surface area (Å²) in [5, 5.41) is 7.77. The lowest BCUT2D eigenvalue weighted by Gasteiger charge is -2.32. The molecule has 2 N–H and O–H groups in total. The molecule has 3 rings (SSSR count). The summed E-state index contributed by atoms with van der Waals surface area (Å²) in [6.07, 6.45) is 7.16. The third-order valence-corrected chi connectivity index (χ3v) is 6.42. The third kappa shape index (κ3) is 5.08. The van der Waals surface area contributed by atoms with E-state index in [9.17, 15) is 0 Å². The number of halogens is 1. The van der Waals surface area contributed by atoms with Crippen LogP contribution in [0.2, 0.25) is 0 Å². The average Bonchev–Trinajstić information content (AvgIpc) is 3.05. The standard InChI is InChI=1S/C22H27BrN2S/c1-16-6-5-7-18(14-16)10-13-22(11-3-4-12-22)25-21(26)24-19-8-9-20(23)17(2)15-19/h5-9,14-15H,3-4,10-13H2,1-2H3,(H2,24,25,26). The van der Waals surface area contributed by atoms with Gasteiger partial charge in [0.15, 0.2) is 5.11 Å². The van der Waals surface area contributed by atoms with Crippen molar-refractivity contribution in [1.82, 2.24) is 5.32 Å². The molecule has 2 nitrogen and oxygen atoms in total. The lowest BCUT2D eigenvalue weighted by atomic mass is 9.89. The highest BCUT2D eigenvalue weighted by Crippen LogP contribution is 2.34. The molecular weight excluding hydrogens is 404 g/mol. The molecule has 0 saturated heterocycles. The molecule has 0 spiro atoms. The van der Waals surface area contributed by atoms with Gasteiger partial charge in [0.25, 0.3) is 0 Å². The van der Waals surface area contributed by atoms with E-state index in [1.54, 1.807) is 0 Å². The van der Waals surface area contributed by atoms with Gasteiger partial charge >= 0.3 is 0 Å². The largest absolute Gasteiger partial charge is 0.357 e. The van der Waals surface area contributed by atoms with Crippen LogP contribution in [-0.2, 0) is 6.42 Å². The zero-order chi connectivity index (χ0) is 18.6. The Labute approximate surface area is 170 Å². The van der Waals surface area contributed by atoms with Crippen LogP contribution in [-0.4, -0.2) is 10.7 Å². The number of hydrogen-bond acceptors (Lipinski definition) is 1. The zero-order valence-electron chi connectivity index (χ0n) is 15.6. The van der Waals surface area contributed by atoms with Crippen molar-refractivity contribution < 1.29 is 0 Å². The number of nitrogens with one attached hydrogen (secondary N) is 2. The second kappa shape index (κ2) is 8.53. The van der Waals surface area contributed by atoms with Gasteiger partial charge in [-0.05, 0) is 81.1 Å². The second-order valence-electron chi connectivity index (χ2n) is 7.52. The van der Waals surface area contributed by atoms with E-state index in [1.165, 1.54) is 42.4 Å². The topological polar surface area (TPSA) is 24.1 Å². The van der Waals surface area contributed by atoms with Gasteiger partial charge in [0.1, 0.15) is 0 Å². The number of anilines is 1. The van der Waals surface area contributed by atoms with Crippen molar-refractivity contribution in [3.05, 3.63) is 63.6 Å².